The Hall–Kier alpha value is -4.66. The standard InChI is InChI=1S/C33H32ClN9O2/c1-40-24-6-4-22(34)9-20(24)11-26(40)32-38-23-10-21(33(44)42-17-19-3-5-25(42)30(19)36)12-27(45-2)31(23)43(32)16-18-14-41(15-18)29-7-8-37-28(13-35)39-29/h4,6-12,18-19,25,30H,3,5,14-17,36H2,1-2H3/t19?,25?,30-/m1/s1. The Morgan fingerprint density at radius 3 is 2.71 bits per heavy atom. The number of nitrogens with zero attached hydrogens (tertiary/aromatic N) is 8. The topological polar surface area (TPSA) is 131 Å². The molecule has 2 N–H and O–H groups in total. The smallest absolute Gasteiger partial charge is 0.254 e. The van der Waals surface area contributed by atoms with Crippen LogP contribution in [0.5, 0.6) is 5.75 Å². The number of carbonyl (C=O) groups excluding carboxylic acids is 1. The molecule has 0 radical (unpaired) electrons. The van der Waals surface area contributed by atoms with Crippen LogP contribution in [0.4, 0.5) is 5.82 Å². The third-order valence-corrected chi connectivity index (χ3v) is 10.1. The van der Waals surface area contributed by atoms with Crippen LogP contribution >= 0.6 is 11.6 Å². The zero-order valence-corrected chi connectivity index (χ0v) is 25.8. The monoisotopic (exact) mass is 621 g/mol. The summed E-state index contributed by atoms with van der Waals surface area (Å²) in [6.07, 6.45) is 3.65. The number of carbonyl (C=O) groups is 1. The number of halogens is 1. The maximum Gasteiger partial charge on any atom is 0.254 e. The molecule has 1 saturated carbocycles. The summed E-state index contributed by atoms with van der Waals surface area (Å²) >= 11 is 6.35. The van der Waals surface area contributed by atoms with Crippen molar-refractivity contribution in [1.82, 2.24) is 29.0 Å². The van der Waals surface area contributed by atoms with Gasteiger partial charge in [-0.1, -0.05) is 11.6 Å². The molecule has 1 aliphatic carbocycles. The summed E-state index contributed by atoms with van der Waals surface area (Å²) in [6, 6.07) is 15.7. The molecule has 3 fully saturated rings. The van der Waals surface area contributed by atoms with Crippen LogP contribution in [0.3, 0.4) is 0 Å². The van der Waals surface area contributed by atoms with Gasteiger partial charge >= 0.3 is 0 Å². The summed E-state index contributed by atoms with van der Waals surface area (Å²) in [5.74, 6) is 2.94. The van der Waals surface area contributed by atoms with Gasteiger partial charge in [-0.25, -0.2) is 15.0 Å². The molecule has 2 saturated heterocycles. The predicted molar refractivity (Wildman–Crippen MR) is 171 cm³/mol. The fourth-order valence-electron chi connectivity index (χ4n) is 7.57. The van der Waals surface area contributed by atoms with Crippen LogP contribution in [0.2, 0.25) is 5.02 Å². The van der Waals surface area contributed by atoms with E-state index in [1.807, 2.05) is 54.4 Å². The number of aryl methyl sites for hydroxylation is 1. The number of methoxy groups -OCH3 is 1. The molecule has 12 heteroatoms. The molecular weight excluding hydrogens is 590 g/mol. The minimum atomic E-state index is -0.0237. The number of hydrogen-bond donors (Lipinski definition) is 1. The van der Waals surface area contributed by atoms with Gasteiger partial charge in [-0.05, 0) is 61.2 Å². The summed E-state index contributed by atoms with van der Waals surface area (Å²) in [5.41, 5.74) is 10.5. The Bertz CT molecular complexity index is 2040. The minimum Gasteiger partial charge on any atom is -0.494 e. The van der Waals surface area contributed by atoms with Crippen LogP contribution in [0.25, 0.3) is 33.5 Å². The van der Waals surface area contributed by atoms with Gasteiger partial charge in [0.1, 0.15) is 23.2 Å². The Balaban J connectivity index is 1.20. The first-order chi connectivity index (χ1) is 21.8. The van der Waals surface area contributed by atoms with Crippen LogP contribution in [-0.2, 0) is 13.6 Å². The minimum absolute atomic E-state index is 0.0237. The number of likely N-dealkylation sites (tertiary alicyclic amines) is 1. The van der Waals surface area contributed by atoms with Gasteiger partial charge in [0.15, 0.2) is 5.82 Å². The van der Waals surface area contributed by atoms with E-state index in [0.717, 1.165) is 59.7 Å². The van der Waals surface area contributed by atoms with Gasteiger partial charge in [-0.15, -0.1) is 0 Å². The first kappa shape index (κ1) is 27.9. The molecule has 3 aliphatic rings. The van der Waals surface area contributed by atoms with Gasteiger partial charge in [-0.3, -0.25) is 4.79 Å². The third-order valence-electron chi connectivity index (χ3n) is 9.88. The van der Waals surface area contributed by atoms with Gasteiger partial charge in [-0.2, -0.15) is 5.26 Å². The molecule has 2 aliphatic heterocycles. The van der Waals surface area contributed by atoms with Gasteiger partial charge in [0, 0.05) is 78.9 Å². The van der Waals surface area contributed by atoms with Crippen molar-refractivity contribution >= 4 is 45.3 Å². The number of nitrogens with two attached hydrogens (primary N) is 1. The van der Waals surface area contributed by atoms with E-state index in [1.54, 1.807) is 13.3 Å². The highest BCUT2D eigenvalue weighted by Gasteiger charge is 2.47. The van der Waals surface area contributed by atoms with Gasteiger partial charge in [0.25, 0.3) is 5.91 Å². The first-order valence-corrected chi connectivity index (χ1v) is 15.6. The van der Waals surface area contributed by atoms with E-state index in [1.165, 1.54) is 0 Å². The molecule has 5 heterocycles. The molecule has 2 bridgehead atoms. The number of amides is 1. The quantitative estimate of drug-likeness (QED) is 0.298. The molecule has 8 rings (SSSR count). The molecule has 5 aromatic rings. The zero-order chi connectivity index (χ0) is 31.0. The average Bonchev–Trinajstić information content (AvgIpc) is 3.77. The van der Waals surface area contributed by atoms with E-state index in [-0.39, 0.29) is 23.8 Å². The fraction of sp³-hybridized carbons (Fsp3) is 0.364. The maximum absolute atomic E-state index is 13.8. The molecule has 3 atom stereocenters. The van der Waals surface area contributed by atoms with Crippen molar-refractivity contribution in [3.63, 3.8) is 0 Å². The number of imidazole rings is 1. The number of hydrogen-bond acceptors (Lipinski definition) is 8. The Morgan fingerprint density at radius 2 is 1.98 bits per heavy atom. The van der Waals surface area contributed by atoms with E-state index in [2.05, 4.69) is 30.1 Å². The molecule has 0 spiro atoms. The highest BCUT2D eigenvalue weighted by molar-refractivity contribution is 6.31. The Kier molecular flexibility index (Phi) is 6.48. The lowest BCUT2D eigenvalue weighted by molar-refractivity contribution is 0.0700. The largest absolute Gasteiger partial charge is 0.494 e. The Morgan fingerprint density at radius 1 is 1.13 bits per heavy atom. The van der Waals surface area contributed by atoms with Crippen molar-refractivity contribution in [2.45, 2.75) is 31.5 Å². The van der Waals surface area contributed by atoms with Crippen LogP contribution < -0.4 is 15.4 Å². The van der Waals surface area contributed by atoms with E-state index in [9.17, 15) is 10.1 Å². The van der Waals surface area contributed by atoms with Crippen molar-refractivity contribution in [3.05, 3.63) is 65.1 Å². The fourth-order valence-corrected chi connectivity index (χ4v) is 7.76. The zero-order valence-electron chi connectivity index (χ0n) is 25.0. The number of anilines is 1. The second-order valence-electron chi connectivity index (χ2n) is 12.4. The molecule has 45 heavy (non-hydrogen) atoms. The highest BCUT2D eigenvalue weighted by atomic mass is 35.5. The summed E-state index contributed by atoms with van der Waals surface area (Å²) in [4.78, 5) is 31.5. The third kappa shape index (κ3) is 4.42. The van der Waals surface area contributed by atoms with Crippen LogP contribution in [0.1, 0.15) is 29.0 Å². The normalized spacial score (nSPS) is 21.1. The number of rotatable bonds is 6. The van der Waals surface area contributed by atoms with Gasteiger partial charge in [0.2, 0.25) is 5.82 Å². The summed E-state index contributed by atoms with van der Waals surface area (Å²) in [5, 5.41) is 10.9. The van der Waals surface area contributed by atoms with Crippen molar-refractivity contribution < 1.29 is 9.53 Å². The Labute approximate surface area is 264 Å². The van der Waals surface area contributed by atoms with Crippen LogP contribution in [0, 0.1) is 23.2 Å². The van der Waals surface area contributed by atoms with Crippen molar-refractivity contribution in [3.8, 4) is 23.3 Å². The number of aromatic nitrogens is 5. The lowest BCUT2D eigenvalue weighted by atomic mass is 9.99. The average molecular weight is 622 g/mol. The highest BCUT2D eigenvalue weighted by Crippen LogP contribution is 2.40. The van der Waals surface area contributed by atoms with Gasteiger partial charge < -0.3 is 29.4 Å². The number of benzene rings is 2. The molecular formula is C33H32ClN9O2. The first-order valence-electron chi connectivity index (χ1n) is 15.2. The number of piperidine rings is 1. The van der Waals surface area contributed by atoms with Crippen molar-refractivity contribution in [2.75, 3.05) is 31.6 Å². The lowest BCUT2D eigenvalue weighted by Gasteiger charge is -2.40. The summed E-state index contributed by atoms with van der Waals surface area (Å²) < 4.78 is 10.3. The number of fused-ring (bicyclic) bond motifs is 4. The summed E-state index contributed by atoms with van der Waals surface area (Å²) in [6.45, 7) is 2.91. The van der Waals surface area contributed by atoms with Crippen LogP contribution in [0.15, 0.2) is 48.7 Å². The SMILES string of the molecule is COc1cc(C(=O)N2CC3CCC2[C@@H]3N)cc2nc(-c3cc4cc(Cl)ccc4n3C)n(CC3CN(c4ccnc(C#N)n4)C3)c12. The van der Waals surface area contributed by atoms with E-state index in [4.69, 9.17) is 27.1 Å². The molecule has 11 nitrogen and oxygen atoms in total. The lowest BCUT2D eigenvalue weighted by Crippen LogP contribution is -2.49. The number of ether oxygens (including phenoxy) is 1. The van der Waals surface area contributed by atoms with Crippen LogP contribution in [-0.4, -0.2) is 73.7 Å². The maximum atomic E-state index is 13.8. The van der Waals surface area contributed by atoms with Crippen molar-refractivity contribution in [2.24, 2.45) is 24.6 Å². The molecule has 2 aromatic carbocycles. The number of nitriles is 1. The molecule has 2 unspecified atom stereocenters. The molecule has 228 valence electrons. The second kappa shape index (κ2) is 10.5. The van der Waals surface area contributed by atoms with E-state index in [0.29, 0.717) is 46.8 Å². The predicted octanol–water partition coefficient (Wildman–Crippen LogP) is 4.22. The molecule has 1 amide bonds. The van der Waals surface area contributed by atoms with Crippen molar-refractivity contribution in [1.29, 1.82) is 5.26 Å². The van der Waals surface area contributed by atoms with E-state index < -0.39 is 0 Å². The van der Waals surface area contributed by atoms with E-state index >= 15 is 0 Å². The second-order valence-corrected chi connectivity index (χ2v) is 12.9. The van der Waals surface area contributed by atoms with Gasteiger partial charge in [0.05, 0.1) is 18.3 Å². The summed E-state index contributed by atoms with van der Waals surface area (Å²) in [7, 11) is 3.67. The molecule has 3 aromatic heterocycles.